The van der Waals surface area contributed by atoms with Crippen molar-refractivity contribution in [1.82, 2.24) is 14.8 Å². The number of halogens is 2. The Hall–Kier alpha value is -3.93. The maximum atomic E-state index is 14.3. The van der Waals surface area contributed by atoms with Crippen LogP contribution in [0.4, 0.5) is 14.5 Å². The number of fused-ring (bicyclic) bond motifs is 1. The Morgan fingerprint density at radius 2 is 1.83 bits per heavy atom. The molecule has 0 bridgehead atoms. The van der Waals surface area contributed by atoms with Gasteiger partial charge in [0.05, 0.1) is 11.4 Å². The molecule has 2 aromatic carbocycles. The van der Waals surface area contributed by atoms with Gasteiger partial charge in [-0.25, -0.2) is 8.78 Å². The molecule has 0 saturated carbocycles. The Kier molecular flexibility index (Phi) is 9.01. The number of benzene rings is 2. The van der Waals surface area contributed by atoms with Gasteiger partial charge in [-0.1, -0.05) is 13.8 Å². The van der Waals surface area contributed by atoms with Crippen molar-refractivity contribution in [1.29, 1.82) is 0 Å². The molecule has 0 spiro atoms. The normalized spacial score (nSPS) is 17.6. The van der Waals surface area contributed by atoms with E-state index in [1.807, 2.05) is 32.2 Å². The van der Waals surface area contributed by atoms with Crippen LogP contribution in [0.3, 0.4) is 0 Å². The van der Waals surface area contributed by atoms with Gasteiger partial charge in [0.2, 0.25) is 17.7 Å². The maximum absolute atomic E-state index is 14.3. The quantitative estimate of drug-likeness (QED) is 0.327. The lowest BCUT2D eigenvalue weighted by atomic mass is 10.0. The number of H-pyrrole nitrogens is 1. The molecule has 1 saturated heterocycles. The highest BCUT2D eigenvalue weighted by atomic mass is 32.2. The van der Waals surface area contributed by atoms with Crippen LogP contribution in [0.1, 0.15) is 37.2 Å². The van der Waals surface area contributed by atoms with Crippen LogP contribution >= 0.6 is 11.8 Å². The van der Waals surface area contributed by atoms with Crippen molar-refractivity contribution in [2.45, 2.75) is 43.7 Å². The van der Waals surface area contributed by atoms with Crippen molar-refractivity contribution >= 4 is 52.0 Å². The summed E-state index contributed by atoms with van der Waals surface area (Å²) in [6.45, 7) is 3.72. The van der Waals surface area contributed by atoms with Crippen LogP contribution in [0.5, 0.6) is 0 Å². The van der Waals surface area contributed by atoms with Crippen LogP contribution in [0.2, 0.25) is 0 Å². The minimum Gasteiger partial charge on any atom is -0.368 e. The second-order valence-corrected chi connectivity index (χ2v) is 11.5. The van der Waals surface area contributed by atoms with E-state index < -0.39 is 47.4 Å². The summed E-state index contributed by atoms with van der Waals surface area (Å²) in [7, 11) is 1.44. The van der Waals surface area contributed by atoms with Crippen molar-refractivity contribution < 1.29 is 28.0 Å². The second-order valence-electron chi connectivity index (χ2n) is 10.7. The van der Waals surface area contributed by atoms with E-state index in [9.17, 15) is 28.0 Å². The number of nitrogens with zero attached hydrogens (tertiary/aromatic N) is 2. The third-order valence-electron chi connectivity index (χ3n) is 7.29. The van der Waals surface area contributed by atoms with E-state index >= 15 is 0 Å². The Bertz CT molecular complexity index is 1480. The molecule has 1 aliphatic heterocycles. The first-order valence-corrected chi connectivity index (χ1v) is 14.4. The highest BCUT2D eigenvalue weighted by molar-refractivity contribution is 7.98. The predicted molar refractivity (Wildman–Crippen MR) is 153 cm³/mol. The number of aromatic amines is 1. The van der Waals surface area contributed by atoms with Crippen LogP contribution in [-0.4, -0.2) is 70.3 Å². The molecule has 1 aliphatic rings. The molecule has 4 rings (SSSR count). The largest absolute Gasteiger partial charge is 0.368 e. The maximum Gasteiger partial charge on any atom is 0.270 e. The third-order valence-corrected chi connectivity index (χ3v) is 8.03. The topological polar surface area (TPSA) is 129 Å². The zero-order valence-corrected chi connectivity index (χ0v) is 24.1. The number of rotatable bonds is 9. The van der Waals surface area contributed by atoms with E-state index in [-0.39, 0.29) is 47.8 Å². The molecule has 41 heavy (non-hydrogen) atoms. The van der Waals surface area contributed by atoms with Gasteiger partial charge in [-0.15, -0.1) is 11.8 Å². The van der Waals surface area contributed by atoms with Crippen molar-refractivity contribution in [2.75, 3.05) is 25.2 Å². The van der Waals surface area contributed by atoms with Gasteiger partial charge in [-0.2, -0.15) is 0 Å². The molecule has 2 heterocycles. The molecule has 0 radical (unpaired) electrons. The molecule has 4 N–H and O–H groups in total. The summed E-state index contributed by atoms with van der Waals surface area (Å²) in [5.41, 5.74) is 6.33. The molecule has 12 heteroatoms. The third kappa shape index (κ3) is 6.53. The number of carbonyl (C=O) groups excluding carboxylic acids is 4. The standard InChI is InChI=1S/C29H33F2N5O4S/c1-15(2)9-25(35(3)28(39)23-13-20-21(31)11-17(30)12-22(20)34-23)29(40)36-14-16(10-24(36)26(32)37)27(38)33-18-5-7-19(41-4)8-6-18/h5-8,11-13,15-16,24-25,34H,9-10,14H2,1-4H3,(H2,32,37)(H,33,38)/t16?,24?,25-/m0/s1. The molecular formula is C29H33F2N5O4S. The molecule has 1 fully saturated rings. The molecule has 9 nitrogen and oxygen atoms in total. The number of nitrogens with one attached hydrogen (secondary N) is 2. The SMILES string of the molecule is CSc1ccc(NC(=O)C2CC(C(N)=O)N(C(=O)[C@H](CC(C)C)N(C)C(=O)c3cc4c(F)cc(F)cc4[nH]3)C2)cc1. The van der Waals surface area contributed by atoms with Gasteiger partial charge < -0.3 is 25.8 Å². The summed E-state index contributed by atoms with van der Waals surface area (Å²) >= 11 is 1.57. The molecule has 1 aromatic heterocycles. The van der Waals surface area contributed by atoms with E-state index in [0.717, 1.165) is 17.0 Å². The monoisotopic (exact) mass is 585 g/mol. The van der Waals surface area contributed by atoms with Gasteiger partial charge in [-0.05, 0) is 61.4 Å². The number of nitrogens with two attached hydrogens (primary N) is 1. The van der Waals surface area contributed by atoms with Gasteiger partial charge in [0.15, 0.2) is 0 Å². The van der Waals surface area contributed by atoms with Crippen LogP contribution in [0.25, 0.3) is 10.9 Å². The number of carbonyl (C=O) groups is 4. The zero-order chi connectivity index (χ0) is 30.0. The Morgan fingerprint density at radius 3 is 2.44 bits per heavy atom. The van der Waals surface area contributed by atoms with E-state index in [1.165, 1.54) is 22.9 Å². The lowest BCUT2D eigenvalue weighted by molar-refractivity contribution is -0.141. The summed E-state index contributed by atoms with van der Waals surface area (Å²) in [6, 6.07) is 8.34. The van der Waals surface area contributed by atoms with Crippen molar-refractivity contribution in [3.8, 4) is 0 Å². The minimum absolute atomic E-state index is 0.0218. The average molecular weight is 586 g/mol. The number of hydrogen-bond donors (Lipinski definition) is 3. The number of amides is 4. The van der Waals surface area contributed by atoms with Gasteiger partial charge in [0.25, 0.3) is 5.91 Å². The molecule has 4 amide bonds. The Morgan fingerprint density at radius 1 is 1.15 bits per heavy atom. The number of likely N-dealkylation sites (tertiary alicyclic amines) is 1. The first-order chi connectivity index (χ1) is 19.4. The van der Waals surface area contributed by atoms with Crippen LogP contribution in [-0.2, 0) is 14.4 Å². The minimum atomic E-state index is -1.03. The smallest absolute Gasteiger partial charge is 0.270 e. The first-order valence-electron chi connectivity index (χ1n) is 13.2. The zero-order valence-electron chi connectivity index (χ0n) is 23.2. The van der Waals surface area contributed by atoms with Crippen LogP contribution in [0.15, 0.2) is 47.4 Å². The van der Waals surface area contributed by atoms with Crippen molar-refractivity contribution in [3.05, 3.63) is 59.8 Å². The number of anilines is 1. The summed E-state index contributed by atoms with van der Waals surface area (Å²) in [5, 5.41) is 2.88. The molecule has 218 valence electrons. The summed E-state index contributed by atoms with van der Waals surface area (Å²) in [5.74, 6) is -4.55. The van der Waals surface area contributed by atoms with E-state index in [0.29, 0.717) is 5.69 Å². The fourth-order valence-corrected chi connectivity index (χ4v) is 5.54. The van der Waals surface area contributed by atoms with E-state index in [4.69, 9.17) is 5.73 Å². The van der Waals surface area contributed by atoms with E-state index in [2.05, 4.69) is 10.3 Å². The lowest BCUT2D eigenvalue weighted by Crippen LogP contribution is -2.53. The van der Waals surface area contributed by atoms with Gasteiger partial charge >= 0.3 is 0 Å². The number of hydrogen-bond acceptors (Lipinski definition) is 5. The number of thioether (sulfide) groups is 1. The fourth-order valence-electron chi connectivity index (χ4n) is 5.13. The van der Waals surface area contributed by atoms with Crippen molar-refractivity contribution in [3.63, 3.8) is 0 Å². The summed E-state index contributed by atoms with van der Waals surface area (Å²) < 4.78 is 27.9. The average Bonchev–Trinajstić information content (AvgIpc) is 3.56. The number of primary amides is 1. The number of aromatic nitrogens is 1. The van der Waals surface area contributed by atoms with Crippen LogP contribution < -0.4 is 11.1 Å². The predicted octanol–water partition coefficient (Wildman–Crippen LogP) is 4.00. The first kappa shape index (κ1) is 30.0. The Balaban J connectivity index is 1.55. The molecular weight excluding hydrogens is 552 g/mol. The molecule has 2 unspecified atom stereocenters. The fraction of sp³-hybridized carbons (Fsp3) is 0.379. The van der Waals surface area contributed by atoms with Gasteiger partial charge in [0, 0.05) is 35.6 Å². The summed E-state index contributed by atoms with van der Waals surface area (Å²) in [4.78, 5) is 59.1. The highest BCUT2D eigenvalue weighted by Crippen LogP contribution is 2.29. The molecule has 3 aromatic rings. The molecule has 3 atom stereocenters. The van der Waals surface area contributed by atoms with Gasteiger partial charge in [-0.3, -0.25) is 19.2 Å². The lowest BCUT2D eigenvalue weighted by Gasteiger charge is -2.33. The van der Waals surface area contributed by atoms with Gasteiger partial charge in [0.1, 0.15) is 29.4 Å². The van der Waals surface area contributed by atoms with Crippen molar-refractivity contribution in [2.24, 2.45) is 17.6 Å². The highest BCUT2D eigenvalue weighted by Gasteiger charge is 2.44. The van der Waals surface area contributed by atoms with Crippen LogP contribution in [0, 0.1) is 23.5 Å². The van der Waals surface area contributed by atoms with E-state index in [1.54, 1.807) is 23.9 Å². The molecule has 0 aliphatic carbocycles. The summed E-state index contributed by atoms with van der Waals surface area (Å²) in [6.07, 6.45) is 2.25. The second kappa shape index (κ2) is 12.3. The number of likely N-dealkylation sites (N-methyl/N-ethyl adjacent to an activating group) is 1. The Labute approximate surface area is 240 Å².